The van der Waals surface area contributed by atoms with Gasteiger partial charge in [0.25, 0.3) is 0 Å². The van der Waals surface area contributed by atoms with Crippen molar-refractivity contribution in [2.45, 2.75) is 24.9 Å². The zero-order valence-corrected chi connectivity index (χ0v) is 23.3. The molecule has 0 saturated carbocycles. The Morgan fingerprint density at radius 1 is 0.833 bits per heavy atom. The van der Waals surface area contributed by atoms with Gasteiger partial charge in [0.2, 0.25) is 0 Å². The number of carbonyl (C=O) groups is 3. The lowest BCUT2D eigenvalue weighted by Crippen LogP contribution is -2.48. The zero-order valence-electron chi connectivity index (χ0n) is 23.3. The maximum absolute atomic E-state index is 14.8. The number of methoxy groups -OCH3 is 1. The molecule has 1 fully saturated rings. The molecule has 3 aliphatic rings. The fourth-order valence-corrected chi connectivity index (χ4v) is 7.21. The second-order valence-corrected chi connectivity index (χ2v) is 10.8. The first-order chi connectivity index (χ1) is 20.5. The number of para-hydroxylation sites is 2. The fraction of sp³-hybridized carbons (Fsp3) is 0.194. The molecule has 0 unspecified atom stereocenters. The van der Waals surface area contributed by atoms with Gasteiger partial charge in [0, 0.05) is 33.9 Å². The number of carbonyl (C=O) groups excluding carboxylic acids is 3. The van der Waals surface area contributed by atoms with Gasteiger partial charge in [0.1, 0.15) is 23.0 Å². The number of anilines is 1. The lowest BCUT2D eigenvalue weighted by Gasteiger charge is -2.37. The Balaban J connectivity index is 1.54. The molecule has 4 aromatic rings. The monoisotopic (exact) mass is 555 g/mol. The summed E-state index contributed by atoms with van der Waals surface area (Å²) in [6, 6.07) is 27.7. The van der Waals surface area contributed by atoms with Crippen LogP contribution < -0.4 is 14.4 Å². The molecular formula is C36H29NO5. The van der Waals surface area contributed by atoms with E-state index in [0.717, 1.165) is 11.3 Å². The van der Waals surface area contributed by atoms with E-state index in [4.69, 9.17) is 9.47 Å². The molecule has 0 N–H and O–H groups in total. The normalized spacial score (nSPS) is 21.2. The van der Waals surface area contributed by atoms with Crippen LogP contribution in [0.1, 0.15) is 55.0 Å². The van der Waals surface area contributed by atoms with E-state index in [1.165, 1.54) is 0 Å². The van der Waals surface area contributed by atoms with E-state index in [-0.39, 0.29) is 17.3 Å². The minimum absolute atomic E-state index is 0.183. The van der Waals surface area contributed by atoms with Crippen LogP contribution in [0, 0.1) is 5.41 Å². The molecule has 0 bridgehead atoms. The fourth-order valence-electron chi connectivity index (χ4n) is 7.21. The average molecular weight is 556 g/mol. The van der Waals surface area contributed by atoms with E-state index in [1.54, 1.807) is 55.6 Å². The van der Waals surface area contributed by atoms with Gasteiger partial charge >= 0.3 is 0 Å². The van der Waals surface area contributed by atoms with Crippen LogP contribution in [0.2, 0.25) is 0 Å². The molecule has 0 radical (unpaired) electrons. The third-order valence-corrected chi connectivity index (χ3v) is 8.91. The Labute approximate surface area is 244 Å². The van der Waals surface area contributed by atoms with Crippen molar-refractivity contribution >= 4 is 29.1 Å². The van der Waals surface area contributed by atoms with Crippen LogP contribution in [0.5, 0.6) is 11.5 Å². The second kappa shape index (κ2) is 9.84. The van der Waals surface area contributed by atoms with Crippen LogP contribution in [-0.2, 0) is 0 Å². The molecule has 6 heteroatoms. The van der Waals surface area contributed by atoms with Gasteiger partial charge in [0.05, 0.1) is 19.8 Å². The Kier molecular flexibility index (Phi) is 6.08. The number of hydrogen-bond donors (Lipinski definition) is 0. The molecule has 2 heterocycles. The highest BCUT2D eigenvalue weighted by Crippen LogP contribution is 2.62. The van der Waals surface area contributed by atoms with Crippen LogP contribution in [-0.4, -0.2) is 43.2 Å². The van der Waals surface area contributed by atoms with Crippen LogP contribution in [0.3, 0.4) is 0 Å². The summed E-state index contributed by atoms with van der Waals surface area (Å²) in [5, 5.41) is 0. The number of ether oxygens (including phenoxy) is 2. The Hall–Kier alpha value is -4.97. The predicted molar refractivity (Wildman–Crippen MR) is 161 cm³/mol. The molecule has 1 spiro atoms. The van der Waals surface area contributed by atoms with Gasteiger partial charge < -0.3 is 14.4 Å². The molecule has 0 aromatic heterocycles. The summed E-state index contributed by atoms with van der Waals surface area (Å²) in [7, 11) is 1.58. The lowest BCUT2D eigenvalue weighted by molar-refractivity contribution is 0.0664. The molecule has 7 rings (SSSR count). The number of Topliss-reactive ketones (excluding diaryl/α,β-unsaturated/α-hetero) is 3. The van der Waals surface area contributed by atoms with Crippen LogP contribution in [0.25, 0.3) is 6.08 Å². The molecule has 1 saturated heterocycles. The number of hydrogen-bond acceptors (Lipinski definition) is 6. The van der Waals surface area contributed by atoms with Gasteiger partial charge in [0.15, 0.2) is 17.3 Å². The highest BCUT2D eigenvalue weighted by Gasteiger charge is 2.71. The van der Waals surface area contributed by atoms with Crippen molar-refractivity contribution in [1.82, 2.24) is 0 Å². The number of fused-ring (bicyclic) bond motifs is 5. The summed E-state index contributed by atoms with van der Waals surface area (Å²) in [4.78, 5) is 46.4. The van der Waals surface area contributed by atoms with E-state index in [1.807, 2.05) is 72.5 Å². The number of ketones is 3. The van der Waals surface area contributed by atoms with E-state index in [0.29, 0.717) is 40.4 Å². The van der Waals surface area contributed by atoms with Crippen molar-refractivity contribution in [1.29, 1.82) is 0 Å². The Morgan fingerprint density at radius 3 is 2.17 bits per heavy atom. The standard InChI is InChI=1S/C36H29NO5/c1-3-42-29-15-9-7-13-27(29)31-32(33(38)23-16-19-24(41-2)20-17-23)37-28-14-8-4-10-22(28)18-21-30(37)36(31)34(39)25-11-5-6-12-26(25)35(36)40/h4-21,30-32H,3H2,1-2H3/t30-,31+,32+/m0/s1. The summed E-state index contributed by atoms with van der Waals surface area (Å²) < 4.78 is 11.4. The summed E-state index contributed by atoms with van der Waals surface area (Å²) >= 11 is 0. The van der Waals surface area contributed by atoms with Gasteiger partial charge in [-0.25, -0.2) is 0 Å². The van der Waals surface area contributed by atoms with Crippen molar-refractivity contribution < 1.29 is 23.9 Å². The SMILES string of the molecule is CCOc1ccccc1[C@@H]1[C@H](C(=O)c2ccc(OC)cc2)N2c3ccccc3C=C[C@H]2C12C(=O)c1ccccc1C2=O. The van der Waals surface area contributed by atoms with E-state index in [9.17, 15) is 14.4 Å². The molecule has 1 aliphatic carbocycles. The maximum Gasteiger partial charge on any atom is 0.185 e. The quantitative estimate of drug-likeness (QED) is 0.202. The molecule has 6 nitrogen and oxygen atoms in total. The number of rotatable bonds is 6. The van der Waals surface area contributed by atoms with Crippen molar-refractivity contribution in [2.24, 2.45) is 5.41 Å². The van der Waals surface area contributed by atoms with Gasteiger partial charge in [-0.1, -0.05) is 72.8 Å². The molecule has 3 atom stereocenters. The molecular weight excluding hydrogens is 526 g/mol. The largest absolute Gasteiger partial charge is 0.497 e. The first kappa shape index (κ1) is 26.0. The van der Waals surface area contributed by atoms with Crippen LogP contribution in [0.15, 0.2) is 103 Å². The van der Waals surface area contributed by atoms with E-state index >= 15 is 0 Å². The third-order valence-electron chi connectivity index (χ3n) is 8.91. The second-order valence-electron chi connectivity index (χ2n) is 10.8. The summed E-state index contributed by atoms with van der Waals surface area (Å²) in [5.74, 6) is -0.341. The van der Waals surface area contributed by atoms with E-state index in [2.05, 4.69) is 0 Å². The molecule has 0 amide bonds. The van der Waals surface area contributed by atoms with Crippen molar-refractivity contribution in [2.75, 3.05) is 18.6 Å². The van der Waals surface area contributed by atoms with Crippen LogP contribution in [0.4, 0.5) is 5.69 Å². The molecule has 42 heavy (non-hydrogen) atoms. The van der Waals surface area contributed by atoms with Gasteiger partial charge in [-0.3, -0.25) is 14.4 Å². The van der Waals surface area contributed by atoms with E-state index < -0.39 is 23.4 Å². The van der Waals surface area contributed by atoms with Crippen molar-refractivity contribution in [3.63, 3.8) is 0 Å². The summed E-state index contributed by atoms with van der Waals surface area (Å²) in [6.45, 7) is 2.29. The van der Waals surface area contributed by atoms with Crippen molar-refractivity contribution in [3.8, 4) is 11.5 Å². The Morgan fingerprint density at radius 2 is 1.48 bits per heavy atom. The highest BCUT2D eigenvalue weighted by atomic mass is 16.5. The van der Waals surface area contributed by atoms with Gasteiger partial charge in [-0.15, -0.1) is 0 Å². The topological polar surface area (TPSA) is 72.9 Å². The first-order valence-electron chi connectivity index (χ1n) is 14.2. The molecule has 208 valence electrons. The summed E-state index contributed by atoms with van der Waals surface area (Å²) in [6.07, 6.45) is 3.90. The van der Waals surface area contributed by atoms with Crippen molar-refractivity contribution in [3.05, 3.63) is 131 Å². The maximum atomic E-state index is 14.8. The smallest absolute Gasteiger partial charge is 0.185 e. The Bertz CT molecular complexity index is 1740. The number of nitrogens with zero attached hydrogens (tertiary/aromatic N) is 1. The minimum atomic E-state index is -1.58. The minimum Gasteiger partial charge on any atom is -0.497 e. The summed E-state index contributed by atoms with van der Waals surface area (Å²) in [5.41, 5.74) is 2.08. The first-order valence-corrected chi connectivity index (χ1v) is 14.2. The number of benzene rings is 4. The average Bonchev–Trinajstić information content (AvgIpc) is 3.47. The van der Waals surface area contributed by atoms with Gasteiger partial charge in [-0.2, -0.15) is 0 Å². The predicted octanol–water partition coefficient (Wildman–Crippen LogP) is 6.41. The molecule has 4 aromatic carbocycles. The molecule has 2 aliphatic heterocycles. The third kappa shape index (κ3) is 3.48. The lowest BCUT2D eigenvalue weighted by atomic mass is 9.64. The van der Waals surface area contributed by atoms with Gasteiger partial charge in [-0.05, 0) is 48.9 Å². The zero-order chi connectivity index (χ0) is 29.0. The highest BCUT2D eigenvalue weighted by molar-refractivity contribution is 6.32. The van der Waals surface area contributed by atoms with Crippen LogP contribution >= 0.6 is 0 Å².